The molecule has 122 valence electrons. The molecule has 0 saturated heterocycles. The number of fused-ring (bicyclic) bond motifs is 1. The summed E-state index contributed by atoms with van der Waals surface area (Å²) in [7, 11) is 0. The van der Waals surface area contributed by atoms with Crippen LogP contribution in [0.1, 0.15) is 29.9 Å². The van der Waals surface area contributed by atoms with E-state index in [9.17, 15) is 4.79 Å². The molecule has 0 saturated carbocycles. The Bertz CT molecular complexity index is 848. The van der Waals surface area contributed by atoms with Gasteiger partial charge in [-0.2, -0.15) is 0 Å². The van der Waals surface area contributed by atoms with E-state index in [4.69, 9.17) is 4.74 Å². The zero-order valence-electron chi connectivity index (χ0n) is 13.7. The molecule has 0 amide bonds. The fourth-order valence-corrected chi connectivity index (χ4v) is 2.32. The number of nitrogens with one attached hydrogen (secondary N) is 1. The smallest absolute Gasteiger partial charge is 0.361 e. The predicted octanol–water partition coefficient (Wildman–Crippen LogP) is 3.81. The number of esters is 1. The Morgan fingerprint density at radius 1 is 1.00 bits per heavy atom. The van der Waals surface area contributed by atoms with Gasteiger partial charge < -0.3 is 10.1 Å². The molecule has 0 aliphatic carbocycles. The van der Waals surface area contributed by atoms with Gasteiger partial charge in [0.1, 0.15) is 0 Å². The Balaban J connectivity index is 1.95. The minimum Gasteiger partial charge on any atom is -0.458 e. The van der Waals surface area contributed by atoms with Gasteiger partial charge >= 0.3 is 5.97 Å². The Hall–Kier alpha value is -2.95. The fourth-order valence-electron chi connectivity index (χ4n) is 2.32. The van der Waals surface area contributed by atoms with Crippen molar-refractivity contribution in [3.8, 4) is 0 Å². The number of hydrogen-bond donors (Lipinski definition) is 1. The summed E-state index contributed by atoms with van der Waals surface area (Å²) < 4.78 is 5.30. The summed E-state index contributed by atoms with van der Waals surface area (Å²) in [5.74, 6) is -0.0398. The number of carbonyl (C=O) groups excluding carboxylic acids is 1. The van der Waals surface area contributed by atoms with Crippen LogP contribution in [-0.4, -0.2) is 22.0 Å². The molecule has 0 spiro atoms. The summed E-state index contributed by atoms with van der Waals surface area (Å²) in [5.41, 5.74) is 2.70. The third-order valence-corrected chi connectivity index (χ3v) is 3.41. The molecule has 0 fully saturated rings. The maximum absolute atomic E-state index is 12.4. The average Bonchev–Trinajstić information content (AvgIpc) is 2.59. The molecular formula is C19H19N3O2. The van der Waals surface area contributed by atoms with E-state index >= 15 is 0 Å². The minimum atomic E-state index is -0.473. The Morgan fingerprint density at radius 3 is 2.29 bits per heavy atom. The van der Waals surface area contributed by atoms with E-state index in [0.717, 1.165) is 11.1 Å². The molecule has 3 rings (SSSR count). The van der Waals surface area contributed by atoms with E-state index in [1.165, 1.54) is 0 Å². The molecule has 0 aliphatic rings. The van der Waals surface area contributed by atoms with Crippen LogP contribution < -0.4 is 5.32 Å². The van der Waals surface area contributed by atoms with Crippen molar-refractivity contribution in [1.29, 1.82) is 0 Å². The first kappa shape index (κ1) is 15.9. The Kier molecular flexibility index (Phi) is 4.70. The van der Waals surface area contributed by atoms with E-state index in [2.05, 4.69) is 15.3 Å². The third kappa shape index (κ3) is 3.68. The van der Waals surface area contributed by atoms with Gasteiger partial charge in [0, 0.05) is 6.54 Å². The molecule has 3 aromatic rings. The lowest BCUT2D eigenvalue weighted by atomic mass is 10.2. The Labute approximate surface area is 140 Å². The molecule has 0 radical (unpaired) electrons. The molecule has 0 unspecified atom stereocenters. The predicted molar refractivity (Wildman–Crippen MR) is 93.9 cm³/mol. The first-order valence-electron chi connectivity index (χ1n) is 7.89. The van der Waals surface area contributed by atoms with Gasteiger partial charge in [-0.1, -0.05) is 42.5 Å². The average molecular weight is 321 g/mol. The van der Waals surface area contributed by atoms with Crippen molar-refractivity contribution >= 4 is 22.8 Å². The van der Waals surface area contributed by atoms with E-state index in [1.54, 1.807) is 0 Å². The second kappa shape index (κ2) is 7.08. The molecule has 5 heteroatoms. The quantitative estimate of drug-likeness (QED) is 0.724. The highest BCUT2D eigenvalue weighted by atomic mass is 16.5. The lowest BCUT2D eigenvalue weighted by Gasteiger charge is -2.13. The number of hydrogen-bond acceptors (Lipinski definition) is 5. The second-order valence-corrected chi connectivity index (χ2v) is 5.70. The Morgan fingerprint density at radius 2 is 1.62 bits per heavy atom. The molecule has 0 bridgehead atoms. The normalized spacial score (nSPS) is 10.8. The van der Waals surface area contributed by atoms with Crippen molar-refractivity contribution in [2.75, 3.05) is 5.32 Å². The molecule has 0 aliphatic heterocycles. The van der Waals surface area contributed by atoms with Crippen LogP contribution >= 0.6 is 0 Å². The highest BCUT2D eigenvalue weighted by molar-refractivity contribution is 5.95. The van der Waals surface area contributed by atoms with E-state index in [1.807, 2.05) is 68.4 Å². The van der Waals surface area contributed by atoms with Gasteiger partial charge in [0.2, 0.25) is 0 Å². The van der Waals surface area contributed by atoms with Crippen molar-refractivity contribution in [2.45, 2.75) is 26.5 Å². The van der Waals surface area contributed by atoms with E-state index in [-0.39, 0.29) is 11.8 Å². The van der Waals surface area contributed by atoms with Crippen LogP contribution in [0.4, 0.5) is 5.82 Å². The summed E-state index contributed by atoms with van der Waals surface area (Å²) in [4.78, 5) is 21.4. The largest absolute Gasteiger partial charge is 0.458 e. The number of para-hydroxylation sites is 2. The highest BCUT2D eigenvalue weighted by Gasteiger charge is 2.19. The summed E-state index contributed by atoms with van der Waals surface area (Å²) in [6, 6.07) is 17.4. The zero-order valence-corrected chi connectivity index (χ0v) is 13.7. The maximum Gasteiger partial charge on any atom is 0.361 e. The first-order chi connectivity index (χ1) is 11.6. The van der Waals surface area contributed by atoms with Crippen molar-refractivity contribution in [3.63, 3.8) is 0 Å². The fraction of sp³-hybridized carbons (Fsp3) is 0.211. The van der Waals surface area contributed by atoms with Crippen LogP contribution in [0, 0.1) is 0 Å². The molecule has 1 heterocycles. The van der Waals surface area contributed by atoms with Crippen molar-refractivity contribution in [3.05, 3.63) is 65.9 Å². The summed E-state index contributed by atoms with van der Waals surface area (Å²) >= 11 is 0. The lowest BCUT2D eigenvalue weighted by Crippen LogP contribution is -2.17. The molecule has 1 aromatic heterocycles. The van der Waals surface area contributed by atoms with Gasteiger partial charge in [0.15, 0.2) is 11.5 Å². The van der Waals surface area contributed by atoms with Gasteiger partial charge in [-0.15, -0.1) is 0 Å². The highest BCUT2D eigenvalue weighted by Crippen LogP contribution is 2.19. The van der Waals surface area contributed by atoms with E-state index in [0.29, 0.717) is 17.9 Å². The van der Waals surface area contributed by atoms with Gasteiger partial charge in [-0.05, 0) is 31.5 Å². The number of anilines is 1. The number of rotatable bonds is 5. The molecule has 1 N–H and O–H groups in total. The topological polar surface area (TPSA) is 64.1 Å². The van der Waals surface area contributed by atoms with Crippen LogP contribution in [0.15, 0.2) is 54.6 Å². The van der Waals surface area contributed by atoms with Crippen LogP contribution in [-0.2, 0) is 11.3 Å². The lowest BCUT2D eigenvalue weighted by molar-refractivity contribution is 0.0372. The maximum atomic E-state index is 12.4. The standard InChI is InChI=1S/C19H19N3O2/c1-13(2)24-19(23)17-18(20-12-14-8-4-3-5-9-14)22-16-11-7-6-10-15(16)21-17/h3-11,13H,12H2,1-2H3,(H,20,22). The van der Waals surface area contributed by atoms with E-state index < -0.39 is 5.97 Å². The number of aromatic nitrogens is 2. The van der Waals surface area contributed by atoms with Gasteiger partial charge in [0.25, 0.3) is 0 Å². The molecule has 2 aromatic carbocycles. The monoisotopic (exact) mass is 321 g/mol. The molecule has 5 nitrogen and oxygen atoms in total. The number of nitrogens with zero attached hydrogens (tertiary/aromatic N) is 2. The third-order valence-electron chi connectivity index (χ3n) is 3.41. The SMILES string of the molecule is CC(C)OC(=O)c1nc2ccccc2nc1NCc1ccccc1. The van der Waals surface area contributed by atoms with Crippen LogP contribution in [0.3, 0.4) is 0 Å². The number of benzene rings is 2. The van der Waals surface area contributed by atoms with Crippen LogP contribution in [0.2, 0.25) is 0 Å². The van der Waals surface area contributed by atoms with Crippen LogP contribution in [0.5, 0.6) is 0 Å². The summed E-state index contributed by atoms with van der Waals surface area (Å²) in [6.07, 6.45) is -0.215. The summed E-state index contributed by atoms with van der Waals surface area (Å²) in [5, 5.41) is 3.20. The minimum absolute atomic E-state index is 0.207. The molecule has 0 atom stereocenters. The second-order valence-electron chi connectivity index (χ2n) is 5.70. The number of ether oxygens (including phenoxy) is 1. The van der Waals surface area contributed by atoms with Crippen molar-refractivity contribution < 1.29 is 9.53 Å². The number of carbonyl (C=O) groups is 1. The zero-order chi connectivity index (χ0) is 16.9. The van der Waals surface area contributed by atoms with Gasteiger partial charge in [0.05, 0.1) is 17.1 Å². The van der Waals surface area contributed by atoms with Crippen LogP contribution in [0.25, 0.3) is 11.0 Å². The first-order valence-corrected chi connectivity index (χ1v) is 7.89. The van der Waals surface area contributed by atoms with Gasteiger partial charge in [-0.25, -0.2) is 14.8 Å². The summed E-state index contributed by atoms with van der Waals surface area (Å²) in [6.45, 7) is 4.17. The van der Waals surface area contributed by atoms with Crippen molar-refractivity contribution in [1.82, 2.24) is 9.97 Å². The molecular weight excluding hydrogens is 302 g/mol. The molecule has 24 heavy (non-hydrogen) atoms. The van der Waals surface area contributed by atoms with Gasteiger partial charge in [-0.3, -0.25) is 0 Å². The van der Waals surface area contributed by atoms with Crippen molar-refractivity contribution in [2.24, 2.45) is 0 Å².